The fraction of sp³-hybridized carbons (Fsp3) is 0.350. The molecule has 6 nitrogen and oxygen atoms in total. The molecular formula is C20H21N3O3S. The molecule has 2 heterocycles. The van der Waals surface area contributed by atoms with E-state index in [1.807, 2.05) is 30.3 Å². The van der Waals surface area contributed by atoms with Crippen molar-refractivity contribution in [1.29, 1.82) is 0 Å². The molecule has 1 aromatic carbocycles. The molecule has 0 spiro atoms. The maximum atomic E-state index is 12.3. The van der Waals surface area contributed by atoms with Crippen LogP contribution in [0.25, 0.3) is 11.1 Å². The summed E-state index contributed by atoms with van der Waals surface area (Å²) in [5, 5.41) is 0. The SMILES string of the molecule is C[C@@H]1CCc2sc(C(=O)NNC(=O)CCc3nc4ccccc4o3)cc2C1. The highest BCUT2D eigenvalue weighted by atomic mass is 32.1. The lowest BCUT2D eigenvalue weighted by atomic mass is 9.90. The minimum absolute atomic E-state index is 0.186. The normalized spacial score (nSPS) is 16.1. The lowest BCUT2D eigenvalue weighted by molar-refractivity contribution is -0.121. The van der Waals surface area contributed by atoms with Gasteiger partial charge in [0.15, 0.2) is 11.5 Å². The Morgan fingerprint density at radius 2 is 2.15 bits per heavy atom. The molecule has 1 aliphatic rings. The van der Waals surface area contributed by atoms with E-state index in [2.05, 4.69) is 22.8 Å². The molecule has 0 aliphatic heterocycles. The van der Waals surface area contributed by atoms with Crippen LogP contribution in [0.3, 0.4) is 0 Å². The monoisotopic (exact) mass is 383 g/mol. The predicted molar refractivity (Wildman–Crippen MR) is 103 cm³/mol. The van der Waals surface area contributed by atoms with Gasteiger partial charge < -0.3 is 4.42 Å². The van der Waals surface area contributed by atoms with Gasteiger partial charge in [-0.05, 0) is 48.9 Å². The summed E-state index contributed by atoms with van der Waals surface area (Å²) < 4.78 is 5.59. The molecule has 7 heteroatoms. The lowest BCUT2D eigenvalue weighted by Gasteiger charge is -2.16. The second kappa shape index (κ2) is 7.52. The number of nitrogens with one attached hydrogen (secondary N) is 2. The van der Waals surface area contributed by atoms with Crippen LogP contribution in [0.2, 0.25) is 0 Å². The second-order valence-electron chi connectivity index (χ2n) is 6.98. The number of hydrogen-bond acceptors (Lipinski definition) is 5. The maximum absolute atomic E-state index is 12.3. The van der Waals surface area contributed by atoms with Gasteiger partial charge in [0, 0.05) is 17.7 Å². The number of rotatable bonds is 4. The van der Waals surface area contributed by atoms with E-state index < -0.39 is 0 Å². The molecule has 2 N–H and O–H groups in total. The van der Waals surface area contributed by atoms with Gasteiger partial charge in [-0.25, -0.2) is 4.98 Å². The summed E-state index contributed by atoms with van der Waals surface area (Å²) in [6.07, 6.45) is 3.79. The number of carbonyl (C=O) groups is 2. The van der Waals surface area contributed by atoms with Gasteiger partial charge in [0.25, 0.3) is 5.91 Å². The van der Waals surface area contributed by atoms with E-state index in [1.165, 1.54) is 28.2 Å². The zero-order chi connectivity index (χ0) is 18.8. The van der Waals surface area contributed by atoms with Crippen molar-refractivity contribution in [3.8, 4) is 0 Å². The molecule has 140 valence electrons. The fourth-order valence-corrected chi connectivity index (χ4v) is 4.42. The van der Waals surface area contributed by atoms with Crippen LogP contribution < -0.4 is 10.9 Å². The van der Waals surface area contributed by atoms with E-state index >= 15 is 0 Å². The van der Waals surface area contributed by atoms with Gasteiger partial charge in [0.05, 0.1) is 4.88 Å². The van der Waals surface area contributed by atoms with E-state index in [0.717, 1.165) is 18.4 Å². The zero-order valence-electron chi connectivity index (χ0n) is 15.1. The molecule has 0 bridgehead atoms. The Kier molecular flexibility index (Phi) is 4.94. The van der Waals surface area contributed by atoms with Crippen LogP contribution in [0, 0.1) is 5.92 Å². The Labute approximate surface area is 160 Å². The van der Waals surface area contributed by atoms with Crippen molar-refractivity contribution in [2.45, 2.75) is 39.0 Å². The van der Waals surface area contributed by atoms with E-state index in [1.54, 1.807) is 0 Å². The first-order chi connectivity index (χ1) is 13.1. The molecule has 3 aromatic rings. The first-order valence-electron chi connectivity index (χ1n) is 9.13. The summed E-state index contributed by atoms with van der Waals surface area (Å²) in [6, 6.07) is 9.43. The number of carbonyl (C=O) groups excluding carboxylic acids is 2. The molecule has 1 aliphatic carbocycles. The minimum atomic E-state index is -0.277. The fourth-order valence-electron chi connectivity index (χ4n) is 3.32. The van der Waals surface area contributed by atoms with Crippen LogP contribution in [-0.4, -0.2) is 16.8 Å². The Bertz CT molecular complexity index is 958. The number of fused-ring (bicyclic) bond motifs is 2. The molecule has 0 fully saturated rings. The molecule has 0 unspecified atom stereocenters. The summed E-state index contributed by atoms with van der Waals surface area (Å²) >= 11 is 1.52. The van der Waals surface area contributed by atoms with Crippen LogP contribution in [0.1, 0.15) is 45.8 Å². The van der Waals surface area contributed by atoms with Crippen molar-refractivity contribution in [2.75, 3.05) is 0 Å². The zero-order valence-corrected chi connectivity index (χ0v) is 15.9. The summed E-state index contributed by atoms with van der Waals surface area (Å²) in [5.74, 6) is 0.630. The number of aromatic nitrogens is 1. The Balaban J connectivity index is 1.28. The van der Waals surface area contributed by atoms with Crippen molar-refractivity contribution in [1.82, 2.24) is 15.8 Å². The molecule has 2 aromatic heterocycles. The largest absolute Gasteiger partial charge is 0.441 e. The highest BCUT2D eigenvalue weighted by molar-refractivity contribution is 7.14. The molecule has 0 radical (unpaired) electrons. The summed E-state index contributed by atoms with van der Waals surface area (Å²) in [6.45, 7) is 2.23. The standard InChI is InChI=1S/C20H21N3O3S/c1-12-6-7-16-13(10-12)11-17(27-16)20(25)23-22-18(24)8-9-19-21-14-4-2-3-5-15(14)26-19/h2-5,11-12H,6-10H2,1H3,(H,22,24)(H,23,25)/t12-/m1/s1. The maximum Gasteiger partial charge on any atom is 0.279 e. The van der Waals surface area contributed by atoms with Crippen molar-refractivity contribution in [3.63, 3.8) is 0 Å². The molecule has 27 heavy (non-hydrogen) atoms. The van der Waals surface area contributed by atoms with Gasteiger partial charge in [-0.1, -0.05) is 19.1 Å². The Hall–Kier alpha value is -2.67. The highest BCUT2D eigenvalue weighted by Gasteiger charge is 2.21. The van der Waals surface area contributed by atoms with Gasteiger partial charge in [-0.2, -0.15) is 0 Å². The lowest BCUT2D eigenvalue weighted by Crippen LogP contribution is -2.41. The van der Waals surface area contributed by atoms with E-state index in [0.29, 0.717) is 28.7 Å². The van der Waals surface area contributed by atoms with Crippen LogP contribution in [0.5, 0.6) is 0 Å². The average molecular weight is 383 g/mol. The van der Waals surface area contributed by atoms with Gasteiger partial charge in [-0.3, -0.25) is 20.4 Å². The van der Waals surface area contributed by atoms with Crippen LogP contribution in [0.15, 0.2) is 34.7 Å². The van der Waals surface area contributed by atoms with Crippen molar-refractivity contribution >= 4 is 34.3 Å². The average Bonchev–Trinajstić information content (AvgIpc) is 3.27. The van der Waals surface area contributed by atoms with Gasteiger partial charge in [0.2, 0.25) is 5.91 Å². The summed E-state index contributed by atoms with van der Waals surface area (Å²) in [4.78, 5) is 30.6. The number of nitrogens with zero attached hydrogens (tertiary/aromatic N) is 1. The second-order valence-corrected chi connectivity index (χ2v) is 8.12. The number of oxazole rings is 1. The molecule has 4 rings (SSSR count). The number of benzene rings is 1. The van der Waals surface area contributed by atoms with Crippen molar-refractivity contribution < 1.29 is 14.0 Å². The van der Waals surface area contributed by atoms with E-state index in [-0.39, 0.29) is 18.2 Å². The van der Waals surface area contributed by atoms with Gasteiger partial charge in [0.1, 0.15) is 5.52 Å². The van der Waals surface area contributed by atoms with Crippen molar-refractivity contribution in [2.24, 2.45) is 5.92 Å². The number of hydrazine groups is 1. The molecule has 1 atom stereocenters. The topological polar surface area (TPSA) is 84.2 Å². The van der Waals surface area contributed by atoms with Gasteiger partial charge >= 0.3 is 0 Å². The van der Waals surface area contributed by atoms with E-state index in [4.69, 9.17) is 4.42 Å². The molecular weight excluding hydrogens is 362 g/mol. The molecule has 2 amide bonds. The third-order valence-corrected chi connectivity index (χ3v) is 6.01. The number of amides is 2. The molecule has 0 saturated carbocycles. The number of aryl methyl sites for hydroxylation is 2. The third-order valence-electron chi connectivity index (χ3n) is 4.77. The minimum Gasteiger partial charge on any atom is -0.441 e. The predicted octanol–water partition coefficient (Wildman–Crippen LogP) is 3.41. The quantitative estimate of drug-likeness (QED) is 0.676. The van der Waals surface area contributed by atoms with E-state index in [9.17, 15) is 9.59 Å². The van der Waals surface area contributed by atoms with Gasteiger partial charge in [-0.15, -0.1) is 11.3 Å². The third kappa shape index (κ3) is 4.03. The number of hydrogen-bond donors (Lipinski definition) is 2. The Morgan fingerprint density at radius 3 is 3.00 bits per heavy atom. The van der Waals surface area contributed by atoms with Crippen molar-refractivity contribution in [3.05, 3.63) is 51.5 Å². The Morgan fingerprint density at radius 1 is 1.30 bits per heavy atom. The number of thiophene rings is 1. The van der Waals surface area contributed by atoms with Crippen LogP contribution >= 0.6 is 11.3 Å². The molecule has 0 saturated heterocycles. The van der Waals surface area contributed by atoms with Crippen LogP contribution in [0.4, 0.5) is 0 Å². The first-order valence-corrected chi connectivity index (χ1v) is 9.95. The van der Waals surface area contributed by atoms with Crippen LogP contribution in [-0.2, 0) is 24.1 Å². The summed E-state index contributed by atoms with van der Waals surface area (Å²) in [7, 11) is 0. The highest BCUT2D eigenvalue weighted by Crippen LogP contribution is 2.32. The number of para-hydroxylation sites is 2. The summed E-state index contributed by atoms with van der Waals surface area (Å²) in [5.41, 5.74) is 7.73. The smallest absolute Gasteiger partial charge is 0.279 e. The first kappa shape index (κ1) is 17.7.